The summed E-state index contributed by atoms with van der Waals surface area (Å²) in [4.78, 5) is 18.0. The average molecular weight is 499 g/mol. The number of carbonyl (C=O) groups excluding carboxylic acids is 1. The van der Waals surface area contributed by atoms with E-state index in [0.29, 0.717) is 16.5 Å². The number of hydrogen-bond donors (Lipinski definition) is 7. The first-order valence-corrected chi connectivity index (χ1v) is 11.0. The highest BCUT2D eigenvalue weighted by Gasteiger charge is 2.59. The number of aliphatic hydroxyl groups excluding tert-OH is 6. The lowest BCUT2D eigenvalue weighted by Crippen LogP contribution is -2.61. The van der Waals surface area contributed by atoms with Crippen molar-refractivity contribution in [3.05, 3.63) is 36.0 Å². The molecule has 0 radical (unpaired) electrons. The van der Waals surface area contributed by atoms with Gasteiger partial charge >= 0.3 is 5.97 Å². The van der Waals surface area contributed by atoms with Gasteiger partial charge in [0.05, 0.1) is 18.7 Å². The number of esters is 1. The van der Waals surface area contributed by atoms with Crippen molar-refractivity contribution in [2.75, 3.05) is 20.3 Å². The van der Waals surface area contributed by atoms with Crippen molar-refractivity contribution in [1.82, 2.24) is 4.73 Å². The zero-order valence-electron chi connectivity index (χ0n) is 18.7. The number of aromatic nitrogens is 1. The molecule has 9 atom stereocenters. The molecule has 7 N–H and O–H groups in total. The van der Waals surface area contributed by atoms with Crippen molar-refractivity contribution in [2.24, 2.45) is 0 Å². The van der Waals surface area contributed by atoms with E-state index in [1.807, 2.05) is 0 Å². The first-order chi connectivity index (χ1) is 16.7. The van der Waals surface area contributed by atoms with E-state index in [1.54, 1.807) is 30.5 Å². The highest BCUT2D eigenvalue weighted by Crippen LogP contribution is 2.35. The summed E-state index contributed by atoms with van der Waals surface area (Å²) in [5.41, 5.74) is -1.25. The van der Waals surface area contributed by atoms with Crippen molar-refractivity contribution in [1.29, 1.82) is 0 Å². The molecular weight excluding hydrogens is 470 g/mol. The molecule has 0 unspecified atom stereocenters. The smallest absolute Gasteiger partial charge is 0.341 e. The molecule has 1 aromatic heterocycles. The van der Waals surface area contributed by atoms with Crippen LogP contribution < -0.4 is 4.84 Å². The van der Waals surface area contributed by atoms with Gasteiger partial charge in [0.15, 0.2) is 18.0 Å². The van der Waals surface area contributed by atoms with Crippen molar-refractivity contribution in [3.8, 4) is 0 Å². The molecule has 194 valence electrons. The predicted octanol–water partition coefficient (Wildman–Crippen LogP) is -3.56. The number of hydrogen-bond acceptors (Lipinski definition) is 12. The lowest BCUT2D eigenvalue weighted by atomic mass is 9.87. The molecule has 2 aliphatic heterocycles. The molecule has 0 amide bonds. The molecule has 1 aromatic carbocycles. The second kappa shape index (κ2) is 9.97. The largest absolute Gasteiger partial charge is 0.454 e. The number of rotatable bonds is 8. The Morgan fingerprint density at radius 1 is 1.11 bits per heavy atom. The maximum atomic E-state index is 12.7. The van der Waals surface area contributed by atoms with Crippen LogP contribution in [0.2, 0.25) is 0 Å². The zero-order valence-corrected chi connectivity index (χ0v) is 18.7. The second-order valence-corrected chi connectivity index (χ2v) is 8.65. The highest BCUT2D eigenvalue weighted by atomic mass is 16.7. The first kappa shape index (κ1) is 25.8. The Morgan fingerprint density at radius 3 is 2.49 bits per heavy atom. The molecule has 13 nitrogen and oxygen atoms in total. The van der Waals surface area contributed by atoms with Crippen LogP contribution in [0.25, 0.3) is 10.9 Å². The number of benzene rings is 1. The molecule has 2 aromatic rings. The van der Waals surface area contributed by atoms with Gasteiger partial charge in [0.25, 0.3) is 0 Å². The Bertz CT molecular complexity index is 1040. The number of fused-ring (bicyclic) bond motifs is 1. The Balaban J connectivity index is 1.55. The van der Waals surface area contributed by atoms with E-state index in [2.05, 4.69) is 0 Å². The summed E-state index contributed by atoms with van der Waals surface area (Å²) in [7, 11) is 1.45. The molecule has 35 heavy (non-hydrogen) atoms. The SMILES string of the molecule is COn1cc(C[C@@]2(O)C(=O)O[C@H]([C@H](CO)O[C@@H]3O[C@H](CO)[C@@H](O)[C@H](O)[C@H]3O)[C@H]2O)c2ccccc21. The summed E-state index contributed by atoms with van der Waals surface area (Å²) >= 11 is 0. The molecule has 13 heteroatoms. The molecule has 2 aliphatic rings. The second-order valence-electron chi connectivity index (χ2n) is 8.65. The minimum atomic E-state index is -2.40. The minimum Gasteiger partial charge on any atom is -0.454 e. The zero-order chi connectivity index (χ0) is 25.5. The van der Waals surface area contributed by atoms with Crippen LogP contribution >= 0.6 is 0 Å². The maximum Gasteiger partial charge on any atom is 0.341 e. The summed E-state index contributed by atoms with van der Waals surface area (Å²) in [6, 6.07) is 7.08. The lowest BCUT2D eigenvalue weighted by Gasteiger charge is -2.41. The van der Waals surface area contributed by atoms with Gasteiger partial charge in [-0.2, -0.15) is 4.73 Å². The van der Waals surface area contributed by atoms with Gasteiger partial charge in [0.2, 0.25) is 0 Å². The van der Waals surface area contributed by atoms with Gasteiger partial charge in [-0.25, -0.2) is 4.79 Å². The molecule has 0 aliphatic carbocycles. The van der Waals surface area contributed by atoms with E-state index >= 15 is 0 Å². The molecular formula is C22H29NO12. The van der Waals surface area contributed by atoms with Crippen LogP contribution in [0.3, 0.4) is 0 Å². The van der Waals surface area contributed by atoms with E-state index in [-0.39, 0.29) is 6.42 Å². The summed E-state index contributed by atoms with van der Waals surface area (Å²) < 4.78 is 17.3. The Kier molecular flexibility index (Phi) is 7.33. The van der Waals surface area contributed by atoms with Gasteiger partial charge in [0.1, 0.15) is 43.7 Å². The van der Waals surface area contributed by atoms with Gasteiger partial charge in [-0.1, -0.05) is 18.2 Å². The number of carbonyl (C=O) groups is 1. The Hall–Kier alpha value is -2.33. The molecule has 0 spiro atoms. The molecule has 2 fully saturated rings. The fourth-order valence-electron chi connectivity index (χ4n) is 4.52. The number of aliphatic hydroxyl groups is 7. The standard InChI is InChI=1S/C22H29NO12/c1-32-23-7-10(11-4-2-3-5-12(11)23)6-22(31)19(29)18(35-21(22)30)14(9-25)34-20-17(28)16(27)15(26)13(8-24)33-20/h2-5,7,13-20,24-29,31H,6,8-9H2,1H3/t13-,14+,15-,16+,17-,18-,19-,20+,22+/m1/s1. The Morgan fingerprint density at radius 2 is 1.83 bits per heavy atom. The van der Waals surface area contributed by atoms with Crippen LogP contribution in [-0.4, -0.2) is 121 Å². The van der Waals surface area contributed by atoms with Gasteiger partial charge in [0, 0.05) is 18.0 Å². The first-order valence-electron chi connectivity index (χ1n) is 11.0. The van der Waals surface area contributed by atoms with Crippen molar-refractivity contribution in [2.45, 2.75) is 61.0 Å². The van der Waals surface area contributed by atoms with Gasteiger partial charge < -0.3 is 54.8 Å². The topological polar surface area (TPSA) is 201 Å². The maximum absolute atomic E-state index is 12.7. The van der Waals surface area contributed by atoms with Crippen molar-refractivity contribution < 1.29 is 59.6 Å². The van der Waals surface area contributed by atoms with Crippen LogP contribution in [0.4, 0.5) is 0 Å². The minimum absolute atomic E-state index is 0.349. The van der Waals surface area contributed by atoms with Crippen LogP contribution in [0, 0.1) is 0 Å². The number of ether oxygens (including phenoxy) is 3. The number of nitrogens with zero attached hydrogens (tertiary/aromatic N) is 1. The van der Waals surface area contributed by atoms with Gasteiger partial charge in [-0.15, -0.1) is 0 Å². The van der Waals surface area contributed by atoms with E-state index in [0.717, 1.165) is 0 Å². The molecule has 3 heterocycles. The van der Waals surface area contributed by atoms with Crippen LogP contribution in [0.5, 0.6) is 0 Å². The molecule has 2 saturated heterocycles. The monoisotopic (exact) mass is 499 g/mol. The fourth-order valence-corrected chi connectivity index (χ4v) is 4.52. The third-order valence-corrected chi connectivity index (χ3v) is 6.52. The fraction of sp³-hybridized carbons (Fsp3) is 0.591. The summed E-state index contributed by atoms with van der Waals surface area (Å²) in [5, 5.41) is 72.0. The van der Waals surface area contributed by atoms with Crippen molar-refractivity contribution >= 4 is 16.9 Å². The summed E-state index contributed by atoms with van der Waals surface area (Å²) in [5.74, 6) is -1.15. The summed E-state index contributed by atoms with van der Waals surface area (Å²) in [6.07, 6.45) is -11.8. The molecule has 0 saturated carbocycles. The lowest BCUT2D eigenvalue weighted by molar-refractivity contribution is -0.320. The van der Waals surface area contributed by atoms with Gasteiger partial charge in [-0.05, 0) is 11.6 Å². The molecule has 4 rings (SSSR count). The van der Waals surface area contributed by atoms with Crippen LogP contribution in [0.1, 0.15) is 5.56 Å². The number of cyclic esters (lactones) is 1. The van der Waals surface area contributed by atoms with Crippen LogP contribution in [0.15, 0.2) is 30.5 Å². The number of para-hydroxylation sites is 1. The third kappa shape index (κ3) is 4.39. The molecule has 0 bridgehead atoms. The average Bonchev–Trinajstić information content (AvgIpc) is 3.32. The third-order valence-electron chi connectivity index (χ3n) is 6.52. The summed E-state index contributed by atoms with van der Waals surface area (Å²) in [6.45, 7) is -1.53. The van der Waals surface area contributed by atoms with Gasteiger partial charge in [-0.3, -0.25) is 0 Å². The van der Waals surface area contributed by atoms with E-state index < -0.39 is 73.8 Å². The van der Waals surface area contributed by atoms with Crippen LogP contribution in [-0.2, 0) is 25.4 Å². The van der Waals surface area contributed by atoms with Crippen molar-refractivity contribution in [3.63, 3.8) is 0 Å². The predicted molar refractivity (Wildman–Crippen MR) is 115 cm³/mol. The Labute approximate surface area is 199 Å². The highest BCUT2D eigenvalue weighted by molar-refractivity contribution is 5.87. The van der Waals surface area contributed by atoms with E-state index in [1.165, 1.54) is 11.8 Å². The van der Waals surface area contributed by atoms with E-state index in [4.69, 9.17) is 19.0 Å². The van der Waals surface area contributed by atoms with E-state index in [9.17, 15) is 40.5 Å². The quantitative estimate of drug-likeness (QED) is 0.177. The normalized spacial score (nSPS) is 36.3.